The van der Waals surface area contributed by atoms with Crippen molar-refractivity contribution in [1.82, 2.24) is 30.7 Å². The van der Waals surface area contributed by atoms with Crippen molar-refractivity contribution >= 4 is 29.9 Å². The SMILES string of the molecule is CCNC(=NCC(CC)(CC)NC(C)c1ccccc1)NC1CCc2nc(C)nn2C1.I. The molecule has 1 aliphatic rings. The van der Waals surface area contributed by atoms with E-state index in [1.165, 1.54) is 5.56 Å². The third kappa shape index (κ3) is 6.91. The minimum atomic E-state index is -0.0413. The number of aryl methyl sites for hydroxylation is 2. The van der Waals surface area contributed by atoms with Crippen LogP contribution in [0, 0.1) is 6.92 Å². The molecule has 8 heteroatoms. The van der Waals surface area contributed by atoms with Crippen LogP contribution < -0.4 is 16.0 Å². The van der Waals surface area contributed by atoms with Gasteiger partial charge in [0.2, 0.25) is 0 Å². The van der Waals surface area contributed by atoms with Gasteiger partial charge in [-0.1, -0.05) is 44.2 Å². The van der Waals surface area contributed by atoms with Gasteiger partial charge in [0.25, 0.3) is 0 Å². The Kier molecular flexibility index (Phi) is 10.4. The third-order valence-corrected chi connectivity index (χ3v) is 6.36. The van der Waals surface area contributed by atoms with Crippen LogP contribution in [0.1, 0.15) is 70.2 Å². The molecule has 0 saturated heterocycles. The van der Waals surface area contributed by atoms with Crippen molar-refractivity contribution in [3.05, 3.63) is 47.5 Å². The summed E-state index contributed by atoms with van der Waals surface area (Å²) in [7, 11) is 0. The number of aliphatic imine (C=N–C) groups is 1. The highest BCUT2D eigenvalue weighted by Crippen LogP contribution is 2.22. The van der Waals surface area contributed by atoms with Gasteiger partial charge in [-0.25, -0.2) is 9.67 Å². The number of rotatable bonds is 9. The summed E-state index contributed by atoms with van der Waals surface area (Å²) in [5, 5.41) is 15.5. The maximum atomic E-state index is 5.02. The first-order chi connectivity index (χ1) is 15.0. The van der Waals surface area contributed by atoms with Crippen molar-refractivity contribution in [1.29, 1.82) is 0 Å². The number of nitrogens with one attached hydrogen (secondary N) is 3. The topological polar surface area (TPSA) is 79.2 Å². The average Bonchev–Trinajstić information content (AvgIpc) is 3.16. The first-order valence-electron chi connectivity index (χ1n) is 11.8. The Bertz CT molecular complexity index is 845. The van der Waals surface area contributed by atoms with Crippen LogP contribution in [0.15, 0.2) is 35.3 Å². The van der Waals surface area contributed by atoms with Gasteiger partial charge in [0.1, 0.15) is 11.6 Å². The second-order valence-electron chi connectivity index (χ2n) is 8.60. The van der Waals surface area contributed by atoms with Gasteiger partial charge in [0.05, 0.1) is 13.1 Å². The summed E-state index contributed by atoms with van der Waals surface area (Å²) in [4.78, 5) is 9.53. The molecule has 32 heavy (non-hydrogen) atoms. The molecule has 0 saturated carbocycles. The van der Waals surface area contributed by atoms with Gasteiger partial charge in [-0.3, -0.25) is 4.99 Å². The van der Waals surface area contributed by atoms with Crippen LogP contribution in [0.2, 0.25) is 0 Å². The zero-order valence-corrected chi connectivity index (χ0v) is 22.5. The third-order valence-electron chi connectivity index (χ3n) is 6.36. The van der Waals surface area contributed by atoms with Crippen molar-refractivity contribution in [3.8, 4) is 0 Å². The minimum absolute atomic E-state index is 0. The molecule has 0 spiro atoms. The van der Waals surface area contributed by atoms with E-state index < -0.39 is 0 Å². The summed E-state index contributed by atoms with van der Waals surface area (Å²) in [6, 6.07) is 11.2. The minimum Gasteiger partial charge on any atom is -0.357 e. The first kappa shape index (κ1) is 26.6. The number of benzene rings is 1. The van der Waals surface area contributed by atoms with Gasteiger partial charge in [-0.05, 0) is 45.6 Å². The Labute approximate surface area is 210 Å². The predicted octanol–water partition coefficient (Wildman–Crippen LogP) is 3.98. The molecular weight excluding hydrogens is 513 g/mol. The van der Waals surface area contributed by atoms with Crippen molar-refractivity contribution in [2.75, 3.05) is 13.1 Å². The van der Waals surface area contributed by atoms with E-state index in [1.807, 2.05) is 11.6 Å². The van der Waals surface area contributed by atoms with Crippen molar-refractivity contribution in [2.45, 2.75) is 84.5 Å². The van der Waals surface area contributed by atoms with Crippen LogP contribution in [0.3, 0.4) is 0 Å². The van der Waals surface area contributed by atoms with E-state index in [1.54, 1.807) is 0 Å². The molecular formula is C24H40IN7. The highest BCUT2D eigenvalue weighted by Gasteiger charge is 2.28. The monoisotopic (exact) mass is 553 g/mol. The lowest BCUT2D eigenvalue weighted by molar-refractivity contribution is 0.280. The number of guanidine groups is 1. The summed E-state index contributed by atoms with van der Waals surface area (Å²) in [6.45, 7) is 13.2. The van der Waals surface area contributed by atoms with Gasteiger partial charge in [-0.15, -0.1) is 24.0 Å². The maximum Gasteiger partial charge on any atom is 0.191 e. The molecule has 178 valence electrons. The molecule has 2 heterocycles. The van der Waals surface area contributed by atoms with E-state index in [-0.39, 0.29) is 35.6 Å². The van der Waals surface area contributed by atoms with Crippen LogP contribution in [0.5, 0.6) is 0 Å². The van der Waals surface area contributed by atoms with Crippen LogP contribution in [-0.4, -0.2) is 45.4 Å². The molecule has 0 bridgehead atoms. The second kappa shape index (κ2) is 12.5. The largest absolute Gasteiger partial charge is 0.357 e. The Morgan fingerprint density at radius 1 is 1.22 bits per heavy atom. The Hall–Kier alpha value is -1.68. The molecule has 0 aliphatic carbocycles. The van der Waals surface area contributed by atoms with Crippen LogP contribution in [0.25, 0.3) is 0 Å². The van der Waals surface area contributed by atoms with Crippen LogP contribution in [-0.2, 0) is 13.0 Å². The normalized spacial score (nSPS) is 17.3. The molecule has 7 nitrogen and oxygen atoms in total. The number of hydrogen-bond acceptors (Lipinski definition) is 4. The summed E-state index contributed by atoms with van der Waals surface area (Å²) >= 11 is 0. The molecule has 1 aliphatic heterocycles. The fraction of sp³-hybridized carbons (Fsp3) is 0.625. The zero-order chi connectivity index (χ0) is 22.3. The highest BCUT2D eigenvalue weighted by atomic mass is 127. The molecule has 2 aromatic rings. The number of aromatic nitrogens is 3. The molecule has 2 atom stereocenters. The molecule has 0 amide bonds. The van der Waals surface area contributed by atoms with E-state index >= 15 is 0 Å². The summed E-state index contributed by atoms with van der Waals surface area (Å²) in [5.41, 5.74) is 1.27. The molecule has 0 fully saturated rings. The van der Waals surface area contributed by atoms with Crippen molar-refractivity contribution in [2.24, 2.45) is 4.99 Å². The number of hydrogen-bond donors (Lipinski definition) is 3. The molecule has 3 N–H and O–H groups in total. The molecule has 1 aromatic carbocycles. The van der Waals surface area contributed by atoms with Gasteiger partial charge >= 0.3 is 0 Å². The second-order valence-corrected chi connectivity index (χ2v) is 8.60. The fourth-order valence-corrected chi connectivity index (χ4v) is 4.30. The zero-order valence-electron chi connectivity index (χ0n) is 20.2. The van der Waals surface area contributed by atoms with E-state index in [9.17, 15) is 0 Å². The molecule has 2 unspecified atom stereocenters. The summed E-state index contributed by atoms with van der Waals surface area (Å²) in [6.07, 6.45) is 4.03. The summed E-state index contributed by atoms with van der Waals surface area (Å²) in [5.74, 6) is 2.83. The van der Waals surface area contributed by atoms with E-state index in [0.717, 1.165) is 62.9 Å². The lowest BCUT2D eigenvalue weighted by Crippen LogP contribution is -2.51. The lowest BCUT2D eigenvalue weighted by atomic mass is 9.90. The standard InChI is InChI=1S/C24H39N7.HI/c1-6-24(7-2,29-18(4)20-12-10-9-11-13-20)17-26-23(25-8-3)28-21-14-15-22-27-19(5)30-31(22)16-21;/h9-13,18,21,29H,6-8,14-17H2,1-5H3,(H2,25,26,28);1H. The smallest absolute Gasteiger partial charge is 0.191 e. The molecule has 1 aromatic heterocycles. The highest BCUT2D eigenvalue weighted by molar-refractivity contribution is 14.0. The number of nitrogens with zero attached hydrogens (tertiary/aromatic N) is 4. The van der Waals surface area contributed by atoms with Crippen molar-refractivity contribution < 1.29 is 0 Å². The van der Waals surface area contributed by atoms with Gasteiger partial charge < -0.3 is 16.0 Å². The van der Waals surface area contributed by atoms with Crippen molar-refractivity contribution in [3.63, 3.8) is 0 Å². The van der Waals surface area contributed by atoms with E-state index in [2.05, 4.69) is 84.1 Å². The van der Waals surface area contributed by atoms with Gasteiger partial charge in [-0.2, -0.15) is 5.10 Å². The van der Waals surface area contributed by atoms with Gasteiger partial charge in [0.15, 0.2) is 5.96 Å². The Morgan fingerprint density at radius 2 is 1.94 bits per heavy atom. The maximum absolute atomic E-state index is 5.02. The average molecular weight is 554 g/mol. The quantitative estimate of drug-likeness (QED) is 0.249. The predicted molar refractivity (Wildman–Crippen MR) is 143 cm³/mol. The number of halogens is 1. The Morgan fingerprint density at radius 3 is 2.59 bits per heavy atom. The fourth-order valence-electron chi connectivity index (χ4n) is 4.30. The first-order valence-corrected chi connectivity index (χ1v) is 11.8. The number of fused-ring (bicyclic) bond motifs is 1. The molecule has 3 rings (SSSR count). The molecule has 0 radical (unpaired) electrons. The lowest BCUT2D eigenvalue weighted by Gasteiger charge is -2.35. The van der Waals surface area contributed by atoms with E-state index in [4.69, 9.17) is 4.99 Å². The Balaban J connectivity index is 0.00000363. The van der Waals surface area contributed by atoms with Crippen LogP contribution >= 0.6 is 24.0 Å². The summed E-state index contributed by atoms with van der Waals surface area (Å²) < 4.78 is 2.03. The van der Waals surface area contributed by atoms with Crippen LogP contribution in [0.4, 0.5) is 0 Å². The van der Waals surface area contributed by atoms with Gasteiger partial charge in [0, 0.05) is 30.6 Å². The van der Waals surface area contributed by atoms with E-state index in [0.29, 0.717) is 6.04 Å².